The highest BCUT2D eigenvalue weighted by molar-refractivity contribution is 7.89. The van der Waals surface area contributed by atoms with Gasteiger partial charge in [0.1, 0.15) is 0 Å². The molecule has 0 aliphatic carbocycles. The normalized spacial score (nSPS) is 13.7. The summed E-state index contributed by atoms with van der Waals surface area (Å²) in [7, 11) is -3.76. The number of sulfonamides is 1. The van der Waals surface area contributed by atoms with Gasteiger partial charge in [0.05, 0.1) is 16.0 Å². The van der Waals surface area contributed by atoms with Gasteiger partial charge in [0, 0.05) is 24.9 Å². The molecule has 2 amide bonds. The van der Waals surface area contributed by atoms with Crippen LogP contribution < -0.4 is 10.0 Å². The van der Waals surface area contributed by atoms with E-state index in [2.05, 4.69) is 15.0 Å². The molecule has 0 atom stereocenters. The molecule has 118 valence electrons. The van der Waals surface area contributed by atoms with Gasteiger partial charge in [0.25, 0.3) is 11.8 Å². The molecule has 2 heterocycles. The highest BCUT2D eigenvalue weighted by atomic mass is 32.2. The summed E-state index contributed by atoms with van der Waals surface area (Å²) in [5.41, 5.74) is 1.03. The smallest absolute Gasteiger partial charge is 0.258 e. The number of benzene rings is 1. The van der Waals surface area contributed by atoms with Crippen LogP contribution in [0.2, 0.25) is 0 Å². The van der Waals surface area contributed by atoms with E-state index in [0.29, 0.717) is 6.42 Å². The van der Waals surface area contributed by atoms with Crippen molar-refractivity contribution in [2.75, 3.05) is 6.54 Å². The first-order valence-corrected chi connectivity index (χ1v) is 8.35. The zero-order valence-electron chi connectivity index (χ0n) is 11.9. The maximum absolute atomic E-state index is 12.3. The van der Waals surface area contributed by atoms with Crippen molar-refractivity contribution in [2.45, 2.75) is 11.3 Å². The molecule has 0 fully saturated rings. The van der Waals surface area contributed by atoms with Crippen molar-refractivity contribution in [2.24, 2.45) is 0 Å². The second-order valence-electron chi connectivity index (χ2n) is 4.96. The highest BCUT2D eigenvalue weighted by Crippen LogP contribution is 2.20. The Morgan fingerprint density at radius 2 is 1.83 bits per heavy atom. The molecule has 0 saturated carbocycles. The third-order valence-corrected chi connectivity index (χ3v) is 4.88. The van der Waals surface area contributed by atoms with Crippen LogP contribution in [0.25, 0.3) is 0 Å². The molecule has 3 rings (SSSR count). The summed E-state index contributed by atoms with van der Waals surface area (Å²) in [5, 5.41) is 2.12. The second kappa shape index (κ2) is 5.90. The van der Waals surface area contributed by atoms with Gasteiger partial charge in [0.15, 0.2) is 0 Å². The third-order valence-electron chi connectivity index (χ3n) is 3.42. The van der Waals surface area contributed by atoms with Crippen LogP contribution in [0, 0.1) is 0 Å². The standard InChI is InChI=1S/C15H13N3O4S/c19-14-12-5-4-11(9-13(12)15(20)18-14)23(21,22)17-8-6-10-3-1-2-7-16-10/h1-5,7,9,17H,6,8H2,(H,18,19,20). The van der Waals surface area contributed by atoms with E-state index in [1.165, 1.54) is 18.2 Å². The number of hydrogen-bond acceptors (Lipinski definition) is 5. The molecule has 1 aliphatic rings. The van der Waals surface area contributed by atoms with E-state index in [1.54, 1.807) is 18.3 Å². The molecule has 8 heteroatoms. The molecule has 7 nitrogen and oxygen atoms in total. The summed E-state index contributed by atoms with van der Waals surface area (Å²) in [6, 6.07) is 9.26. The lowest BCUT2D eigenvalue weighted by molar-refractivity contribution is 0.0879. The Hall–Kier alpha value is -2.58. The van der Waals surface area contributed by atoms with Gasteiger partial charge in [-0.2, -0.15) is 0 Å². The maximum atomic E-state index is 12.3. The molecule has 1 aromatic heterocycles. The SMILES string of the molecule is O=C1NC(=O)c2cc(S(=O)(=O)NCCc3ccccn3)ccc21. The van der Waals surface area contributed by atoms with E-state index in [0.717, 1.165) is 5.69 Å². The molecule has 23 heavy (non-hydrogen) atoms. The fourth-order valence-electron chi connectivity index (χ4n) is 2.26. The van der Waals surface area contributed by atoms with Crippen LogP contribution in [0.15, 0.2) is 47.5 Å². The van der Waals surface area contributed by atoms with Crippen LogP contribution in [0.1, 0.15) is 26.4 Å². The molecule has 1 aromatic carbocycles. The van der Waals surface area contributed by atoms with Crippen molar-refractivity contribution >= 4 is 21.8 Å². The number of carbonyl (C=O) groups excluding carboxylic acids is 2. The Morgan fingerprint density at radius 3 is 2.57 bits per heavy atom. The number of carbonyl (C=O) groups is 2. The Labute approximate surface area is 132 Å². The zero-order valence-corrected chi connectivity index (χ0v) is 12.8. The van der Waals surface area contributed by atoms with Crippen LogP contribution >= 0.6 is 0 Å². The summed E-state index contributed by atoms with van der Waals surface area (Å²) < 4.78 is 27.0. The Morgan fingerprint density at radius 1 is 1.04 bits per heavy atom. The topological polar surface area (TPSA) is 105 Å². The first-order chi connectivity index (χ1) is 11.0. The third kappa shape index (κ3) is 3.13. The van der Waals surface area contributed by atoms with E-state index in [-0.39, 0.29) is 22.6 Å². The molecule has 2 aromatic rings. The monoisotopic (exact) mass is 331 g/mol. The van der Waals surface area contributed by atoms with Crippen LogP contribution in [0.3, 0.4) is 0 Å². The predicted molar refractivity (Wildman–Crippen MR) is 81.4 cm³/mol. The van der Waals surface area contributed by atoms with Gasteiger partial charge in [-0.3, -0.25) is 19.9 Å². The van der Waals surface area contributed by atoms with Gasteiger partial charge in [-0.1, -0.05) is 6.07 Å². The molecule has 0 spiro atoms. The van der Waals surface area contributed by atoms with Crippen molar-refractivity contribution in [3.05, 3.63) is 59.4 Å². The van der Waals surface area contributed by atoms with Crippen LogP contribution in [-0.4, -0.2) is 31.8 Å². The van der Waals surface area contributed by atoms with Crippen molar-refractivity contribution in [3.63, 3.8) is 0 Å². The average Bonchev–Trinajstić information content (AvgIpc) is 2.82. The Balaban J connectivity index is 1.74. The van der Waals surface area contributed by atoms with Crippen molar-refractivity contribution in [3.8, 4) is 0 Å². The molecule has 2 N–H and O–H groups in total. The van der Waals surface area contributed by atoms with E-state index >= 15 is 0 Å². The van der Waals surface area contributed by atoms with Crippen LogP contribution in [0.4, 0.5) is 0 Å². The molecular weight excluding hydrogens is 318 g/mol. The fraction of sp³-hybridized carbons (Fsp3) is 0.133. The number of aromatic nitrogens is 1. The summed E-state index contributed by atoms with van der Waals surface area (Å²) in [5.74, 6) is -1.10. The van der Waals surface area contributed by atoms with Gasteiger partial charge in [-0.25, -0.2) is 13.1 Å². The summed E-state index contributed by atoms with van der Waals surface area (Å²) in [4.78, 5) is 27.1. The van der Waals surface area contributed by atoms with Crippen molar-refractivity contribution in [1.29, 1.82) is 0 Å². The minimum absolute atomic E-state index is 0.0536. The lowest BCUT2D eigenvalue weighted by Crippen LogP contribution is -2.26. The summed E-state index contributed by atoms with van der Waals surface area (Å²) in [6.07, 6.45) is 2.09. The number of rotatable bonds is 5. The van der Waals surface area contributed by atoms with Gasteiger partial charge in [0.2, 0.25) is 10.0 Å². The van der Waals surface area contributed by atoms with Crippen molar-refractivity contribution in [1.82, 2.24) is 15.0 Å². The number of hydrogen-bond donors (Lipinski definition) is 2. The van der Waals surface area contributed by atoms with Crippen molar-refractivity contribution < 1.29 is 18.0 Å². The lowest BCUT2D eigenvalue weighted by Gasteiger charge is -2.07. The van der Waals surface area contributed by atoms with E-state index < -0.39 is 21.8 Å². The number of nitrogens with zero attached hydrogens (tertiary/aromatic N) is 1. The summed E-state index contributed by atoms with van der Waals surface area (Å²) in [6.45, 7) is 0.182. The largest absolute Gasteiger partial charge is 0.288 e. The van der Waals surface area contributed by atoms with E-state index in [1.807, 2.05) is 6.07 Å². The number of fused-ring (bicyclic) bond motifs is 1. The minimum atomic E-state index is -3.76. The molecule has 1 aliphatic heterocycles. The quantitative estimate of drug-likeness (QED) is 0.776. The van der Waals surface area contributed by atoms with E-state index in [9.17, 15) is 18.0 Å². The molecule has 0 radical (unpaired) electrons. The number of imide groups is 1. The van der Waals surface area contributed by atoms with Gasteiger partial charge in [-0.05, 0) is 30.3 Å². The number of nitrogens with one attached hydrogen (secondary N) is 2. The van der Waals surface area contributed by atoms with E-state index in [4.69, 9.17) is 0 Å². The zero-order chi connectivity index (χ0) is 16.4. The highest BCUT2D eigenvalue weighted by Gasteiger charge is 2.28. The van der Waals surface area contributed by atoms with Crippen LogP contribution in [-0.2, 0) is 16.4 Å². The fourth-order valence-corrected chi connectivity index (χ4v) is 3.31. The molecule has 0 saturated heterocycles. The number of amides is 2. The summed E-state index contributed by atoms with van der Waals surface area (Å²) >= 11 is 0. The maximum Gasteiger partial charge on any atom is 0.258 e. The average molecular weight is 331 g/mol. The minimum Gasteiger partial charge on any atom is -0.288 e. The molecule has 0 bridgehead atoms. The van der Waals surface area contributed by atoms with Gasteiger partial charge < -0.3 is 0 Å². The Kier molecular flexibility index (Phi) is 3.93. The molecular formula is C15H13N3O4S. The predicted octanol–water partition coefficient (Wildman–Crippen LogP) is 0.486. The molecule has 0 unspecified atom stereocenters. The van der Waals surface area contributed by atoms with Gasteiger partial charge >= 0.3 is 0 Å². The van der Waals surface area contributed by atoms with Crippen LogP contribution in [0.5, 0.6) is 0 Å². The lowest BCUT2D eigenvalue weighted by atomic mass is 10.1. The Bertz CT molecular complexity index is 879. The first-order valence-electron chi connectivity index (χ1n) is 6.87. The first kappa shape index (κ1) is 15.3. The second-order valence-corrected chi connectivity index (χ2v) is 6.73. The number of pyridine rings is 1. The van der Waals surface area contributed by atoms with Gasteiger partial charge in [-0.15, -0.1) is 0 Å².